The maximum atomic E-state index is 13.4. The molecule has 0 radical (unpaired) electrons. The molecule has 4 rings (SSSR count). The van der Waals surface area contributed by atoms with Gasteiger partial charge < -0.3 is 15.2 Å². The molecule has 0 aliphatic carbocycles. The fourth-order valence-electron chi connectivity index (χ4n) is 3.87. The predicted molar refractivity (Wildman–Crippen MR) is 94.5 cm³/mol. The van der Waals surface area contributed by atoms with E-state index >= 15 is 0 Å². The Kier molecular flexibility index (Phi) is 4.21. The van der Waals surface area contributed by atoms with E-state index in [1.807, 2.05) is 0 Å². The number of pyridine rings is 1. The second kappa shape index (κ2) is 6.38. The zero-order valence-electron chi connectivity index (χ0n) is 13.7. The molecule has 0 aromatic carbocycles. The van der Waals surface area contributed by atoms with Crippen LogP contribution in [0.2, 0.25) is 5.02 Å². The Morgan fingerprint density at radius 3 is 2.92 bits per heavy atom. The van der Waals surface area contributed by atoms with Crippen molar-refractivity contribution in [2.45, 2.75) is 31.2 Å². The normalized spacial score (nSPS) is 23.4. The van der Waals surface area contributed by atoms with Crippen LogP contribution in [0.15, 0.2) is 23.1 Å². The van der Waals surface area contributed by atoms with Crippen LogP contribution in [0.4, 0.5) is 10.2 Å². The number of anilines is 1. The van der Waals surface area contributed by atoms with Crippen molar-refractivity contribution < 1.29 is 4.39 Å². The maximum absolute atomic E-state index is 13.4. The van der Waals surface area contributed by atoms with Crippen LogP contribution < -0.4 is 15.8 Å². The molecule has 132 valence electrons. The third kappa shape index (κ3) is 3.14. The van der Waals surface area contributed by atoms with Crippen molar-refractivity contribution in [2.75, 3.05) is 24.5 Å². The summed E-state index contributed by atoms with van der Waals surface area (Å²) in [4.78, 5) is 25.1. The summed E-state index contributed by atoms with van der Waals surface area (Å²) in [6, 6.07) is 2.85. The van der Waals surface area contributed by atoms with Crippen molar-refractivity contribution >= 4 is 17.4 Å². The Morgan fingerprint density at radius 1 is 1.32 bits per heavy atom. The van der Waals surface area contributed by atoms with Crippen LogP contribution in [0.25, 0.3) is 11.4 Å². The number of aromatic nitrogens is 3. The smallest absolute Gasteiger partial charge is 0.272 e. The van der Waals surface area contributed by atoms with Crippen LogP contribution in [0, 0.1) is 5.95 Å². The van der Waals surface area contributed by atoms with Crippen LogP contribution >= 0.6 is 11.6 Å². The molecule has 2 aromatic heterocycles. The highest BCUT2D eigenvalue weighted by Gasteiger charge is 2.38. The van der Waals surface area contributed by atoms with Gasteiger partial charge in [0, 0.05) is 36.5 Å². The summed E-state index contributed by atoms with van der Waals surface area (Å²) in [6.45, 7) is 2.59. The predicted octanol–water partition coefficient (Wildman–Crippen LogP) is 2.35. The minimum Gasteiger partial charge on any atom is -0.353 e. The number of aromatic amines is 1. The lowest BCUT2D eigenvalue weighted by Crippen LogP contribution is -2.54. The van der Waals surface area contributed by atoms with E-state index in [1.54, 1.807) is 6.07 Å². The van der Waals surface area contributed by atoms with Gasteiger partial charge >= 0.3 is 0 Å². The summed E-state index contributed by atoms with van der Waals surface area (Å²) in [5.74, 6) is 0.138. The number of hydrogen-bond acceptors (Lipinski definition) is 5. The van der Waals surface area contributed by atoms with E-state index in [2.05, 4.69) is 25.2 Å². The molecule has 2 aromatic rings. The van der Waals surface area contributed by atoms with Gasteiger partial charge in [0.1, 0.15) is 10.8 Å². The van der Waals surface area contributed by atoms with Gasteiger partial charge in [0.05, 0.1) is 0 Å². The monoisotopic (exact) mass is 363 g/mol. The number of halogens is 2. The Morgan fingerprint density at radius 2 is 2.16 bits per heavy atom. The topological polar surface area (TPSA) is 73.9 Å². The molecular formula is C17H19ClFN5O. The minimum absolute atomic E-state index is 0.0772. The van der Waals surface area contributed by atoms with Gasteiger partial charge in [-0.3, -0.25) is 4.79 Å². The van der Waals surface area contributed by atoms with Crippen LogP contribution in [0.5, 0.6) is 0 Å². The van der Waals surface area contributed by atoms with Crippen molar-refractivity contribution in [2.24, 2.45) is 0 Å². The number of nitrogens with one attached hydrogen (secondary N) is 2. The molecule has 2 fully saturated rings. The van der Waals surface area contributed by atoms with Crippen molar-refractivity contribution in [3.8, 4) is 11.4 Å². The zero-order chi connectivity index (χ0) is 17.4. The van der Waals surface area contributed by atoms with Gasteiger partial charge in [-0.25, -0.2) is 9.97 Å². The van der Waals surface area contributed by atoms with Crippen LogP contribution in [0.3, 0.4) is 0 Å². The molecule has 2 aliphatic heterocycles. The molecule has 2 N–H and O–H groups in total. The molecule has 6 nitrogen and oxygen atoms in total. The van der Waals surface area contributed by atoms with Gasteiger partial charge in [-0.05, 0) is 38.3 Å². The molecule has 2 aliphatic rings. The first-order valence-corrected chi connectivity index (χ1v) is 8.86. The first-order chi connectivity index (χ1) is 12.1. The Bertz CT molecular complexity index is 849. The molecule has 1 atom stereocenters. The highest BCUT2D eigenvalue weighted by molar-refractivity contribution is 6.32. The first kappa shape index (κ1) is 16.5. The number of piperidine rings is 1. The summed E-state index contributed by atoms with van der Waals surface area (Å²) in [7, 11) is 0. The van der Waals surface area contributed by atoms with E-state index in [0.717, 1.165) is 45.3 Å². The number of H-pyrrole nitrogens is 1. The Hall–Kier alpha value is -1.99. The van der Waals surface area contributed by atoms with E-state index in [-0.39, 0.29) is 10.6 Å². The minimum atomic E-state index is -0.622. The molecule has 0 amide bonds. The van der Waals surface area contributed by atoms with E-state index in [1.165, 1.54) is 12.3 Å². The molecule has 0 bridgehead atoms. The maximum Gasteiger partial charge on any atom is 0.272 e. The molecule has 1 unspecified atom stereocenters. The summed E-state index contributed by atoms with van der Waals surface area (Å²) in [5.41, 5.74) is 0.126. The summed E-state index contributed by atoms with van der Waals surface area (Å²) in [5, 5.41) is 3.68. The average Bonchev–Trinajstić information content (AvgIpc) is 3.04. The lowest BCUT2D eigenvalue weighted by atomic mass is 9.87. The second-order valence-electron chi connectivity index (χ2n) is 6.76. The molecule has 0 saturated carbocycles. The second-order valence-corrected chi connectivity index (χ2v) is 7.13. The van der Waals surface area contributed by atoms with Crippen molar-refractivity contribution in [3.05, 3.63) is 39.7 Å². The zero-order valence-corrected chi connectivity index (χ0v) is 14.4. The molecule has 2 saturated heterocycles. The van der Waals surface area contributed by atoms with Gasteiger partial charge in [0.15, 0.2) is 5.82 Å². The Balaban J connectivity index is 1.73. The first-order valence-electron chi connectivity index (χ1n) is 8.48. The van der Waals surface area contributed by atoms with Gasteiger partial charge in [0.25, 0.3) is 5.56 Å². The number of rotatable bonds is 2. The fourth-order valence-corrected chi connectivity index (χ4v) is 4.08. The van der Waals surface area contributed by atoms with Crippen LogP contribution in [-0.4, -0.2) is 40.1 Å². The highest BCUT2D eigenvalue weighted by atomic mass is 35.5. The van der Waals surface area contributed by atoms with E-state index in [0.29, 0.717) is 17.2 Å². The molecule has 8 heteroatoms. The number of hydrogen-bond donors (Lipinski definition) is 2. The van der Waals surface area contributed by atoms with E-state index in [4.69, 9.17) is 11.6 Å². The molecule has 25 heavy (non-hydrogen) atoms. The lowest BCUT2D eigenvalue weighted by Gasteiger charge is -2.41. The number of nitrogens with zero attached hydrogens (tertiary/aromatic N) is 3. The lowest BCUT2D eigenvalue weighted by molar-refractivity contribution is 0.307. The van der Waals surface area contributed by atoms with Gasteiger partial charge in [-0.15, -0.1) is 0 Å². The van der Waals surface area contributed by atoms with Crippen molar-refractivity contribution in [1.29, 1.82) is 0 Å². The third-order valence-corrected chi connectivity index (χ3v) is 5.39. The quantitative estimate of drug-likeness (QED) is 0.801. The largest absolute Gasteiger partial charge is 0.353 e. The molecule has 1 spiro atoms. The Labute approximate surface area is 149 Å². The summed E-state index contributed by atoms with van der Waals surface area (Å²) < 4.78 is 13.4. The standard InChI is InChI=1S/C17H19ClFN5O/c18-13-15(24-8-2-5-17(10-24)4-1-6-21-17)22-14(23-16(13)25)11-3-7-20-12(19)9-11/h3,7,9,21H,1-2,4-6,8,10H2,(H,22,23,25). The van der Waals surface area contributed by atoms with E-state index < -0.39 is 11.5 Å². The summed E-state index contributed by atoms with van der Waals surface area (Å²) >= 11 is 6.26. The molecule has 4 heterocycles. The van der Waals surface area contributed by atoms with E-state index in [9.17, 15) is 9.18 Å². The van der Waals surface area contributed by atoms with Gasteiger partial charge in [-0.2, -0.15) is 4.39 Å². The van der Waals surface area contributed by atoms with Crippen LogP contribution in [0.1, 0.15) is 25.7 Å². The fraction of sp³-hybridized carbons (Fsp3) is 0.471. The van der Waals surface area contributed by atoms with Gasteiger partial charge in [-0.1, -0.05) is 11.6 Å². The summed E-state index contributed by atoms with van der Waals surface area (Å²) in [6.07, 6.45) is 5.75. The highest BCUT2D eigenvalue weighted by Crippen LogP contribution is 2.33. The van der Waals surface area contributed by atoms with Crippen molar-refractivity contribution in [3.63, 3.8) is 0 Å². The molecular weight excluding hydrogens is 345 g/mol. The average molecular weight is 364 g/mol. The SMILES string of the molecule is O=c1[nH]c(-c2ccnc(F)c2)nc(N2CCCC3(CCCN3)C2)c1Cl. The van der Waals surface area contributed by atoms with Gasteiger partial charge in [0.2, 0.25) is 5.95 Å². The third-order valence-electron chi connectivity index (χ3n) is 5.05. The van der Waals surface area contributed by atoms with Crippen molar-refractivity contribution in [1.82, 2.24) is 20.3 Å². The van der Waals surface area contributed by atoms with Crippen LogP contribution in [-0.2, 0) is 0 Å².